The Morgan fingerprint density at radius 2 is 1.92 bits per heavy atom. The van der Waals surface area contributed by atoms with E-state index in [0.717, 1.165) is 30.0 Å². The number of unbranched alkanes of at least 4 members (excludes halogenated alkanes) is 1. The van der Waals surface area contributed by atoms with Crippen molar-refractivity contribution >= 4 is 83.9 Å². The molecular weight excluding hydrogens is 766 g/mol. The number of fused-ring (bicyclic) bond motifs is 1. The van der Waals surface area contributed by atoms with Crippen molar-refractivity contribution in [3.8, 4) is 5.75 Å². The standard InChI is InChI=1S/C26H21BrI2N4O4/c1-2-3-7-24-31-23-9-8-18(27)13-20(23)26(34)32(24)30-14-17-11-21(28)25(22(29)12-17)37-15-16-5-4-6-19(10-16)33(35)36/h4-6,8-14H,2-3,7,15H2,1H3. The average molecular weight is 787 g/mol. The van der Waals surface area contributed by atoms with Crippen LogP contribution in [0.15, 0.2) is 69.0 Å². The Morgan fingerprint density at radius 3 is 2.62 bits per heavy atom. The van der Waals surface area contributed by atoms with E-state index in [4.69, 9.17) is 9.72 Å². The van der Waals surface area contributed by atoms with Crippen LogP contribution in [0, 0.1) is 17.3 Å². The molecule has 0 spiro atoms. The highest BCUT2D eigenvalue weighted by Gasteiger charge is 2.13. The second-order valence-corrected chi connectivity index (χ2v) is 11.4. The first kappa shape index (κ1) is 27.6. The number of ether oxygens (including phenoxy) is 1. The summed E-state index contributed by atoms with van der Waals surface area (Å²) in [5.74, 6) is 1.31. The van der Waals surface area contributed by atoms with Crippen LogP contribution in [0.25, 0.3) is 10.9 Å². The third-order valence-corrected chi connectivity index (χ3v) is 7.57. The summed E-state index contributed by atoms with van der Waals surface area (Å²) in [5.41, 5.74) is 1.98. The van der Waals surface area contributed by atoms with Crippen LogP contribution in [-0.2, 0) is 13.0 Å². The molecule has 4 aromatic rings. The SMILES string of the molecule is CCCCc1nc2ccc(Br)cc2c(=O)n1N=Cc1cc(I)c(OCc2cccc([N+](=O)[O-])c2)c(I)c1. The van der Waals surface area contributed by atoms with E-state index in [2.05, 4.69) is 73.1 Å². The molecule has 190 valence electrons. The van der Waals surface area contributed by atoms with Crippen LogP contribution in [-0.4, -0.2) is 20.8 Å². The highest BCUT2D eigenvalue weighted by atomic mass is 127. The Hall–Kier alpha value is -2.39. The molecule has 1 heterocycles. The Morgan fingerprint density at radius 1 is 1.16 bits per heavy atom. The predicted molar refractivity (Wildman–Crippen MR) is 165 cm³/mol. The van der Waals surface area contributed by atoms with E-state index >= 15 is 0 Å². The summed E-state index contributed by atoms with van der Waals surface area (Å²) >= 11 is 7.80. The molecule has 0 amide bonds. The molecule has 0 aliphatic heterocycles. The van der Waals surface area contributed by atoms with Gasteiger partial charge in [-0.2, -0.15) is 9.78 Å². The number of aryl methyl sites for hydroxylation is 1. The summed E-state index contributed by atoms with van der Waals surface area (Å²) < 4.78 is 9.90. The van der Waals surface area contributed by atoms with Crippen molar-refractivity contribution in [3.63, 3.8) is 0 Å². The maximum Gasteiger partial charge on any atom is 0.282 e. The monoisotopic (exact) mass is 786 g/mol. The van der Waals surface area contributed by atoms with Gasteiger partial charge in [-0.3, -0.25) is 14.9 Å². The highest BCUT2D eigenvalue weighted by Crippen LogP contribution is 2.29. The topological polar surface area (TPSA) is 99.6 Å². The molecule has 0 aliphatic carbocycles. The second kappa shape index (κ2) is 12.4. The fraction of sp³-hybridized carbons (Fsp3) is 0.192. The molecule has 0 unspecified atom stereocenters. The lowest BCUT2D eigenvalue weighted by molar-refractivity contribution is -0.384. The molecule has 0 fully saturated rings. The molecule has 3 aromatic carbocycles. The van der Waals surface area contributed by atoms with Crippen molar-refractivity contribution in [1.29, 1.82) is 0 Å². The van der Waals surface area contributed by atoms with Gasteiger partial charge in [-0.05, 0) is 93.1 Å². The van der Waals surface area contributed by atoms with Crippen LogP contribution < -0.4 is 10.3 Å². The zero-order valence-electron chi connectivity index (χ0n) is 19.7. The molecule has 0 aliphatic rings. The minimum absolute atomic E-state index is 0.0288. The van der Waals surface area contributed by atoms with Gasteiger partial charge in [0.05, 0.1) is 29.2 Å². The van der Waals surface area contributed by atoms with Gasteiger partial charge in [0.1, 0.15) is 18.2 Å². The number of non-ortho nitro benzene ring substituents is 1. The van der Waals surface area contributed by atoms with Crippen LogP contribution in [0.4, 0.5) is 5.69 Å². The Kier molecular flexibility index (Phi) is 9.29. The van der Waals surface area contributed by atoms with Gasteiger partial charge in [-0.25, -0.2) is 4.98 Å². The summed E-state index contributed by atoms with van der Waals surface area (Å²) in [6.07, 6.45) is 4.17. The molecule has 37 heavy (non-hydrogen) atoms. The number of nitro groups is 1. The highest BCUT2D eigenvalue weighted by molar-refractivity contribution is 14.1. The number of hydrogen-bond donors (Lipinski definition) is 0. The van der Waals surface area contributed by atoms with Crippen LogP contribution in [0.5, 0.6) is 5.75 Å². The Bertz CT molecular complexity index is 1550. The first-order valence-electron chi connectivity index (χ1n) is 11.4. The van der Waals surface area contributed by atoms with Crippen molar-refractivity contribution in [1.82, 2.24) is 9.66 Å². The van der Waals surface area contributed by atoms with Crippen molar-refractivity contribution in [2.24, 2.45) is 5.10 Å². The van der Waals surface area contributed by atoms with E-state index < -0.39 is 4.92 Å². The quantitative estimate of drug-likeness (QED) is 0.0782. The van der Waals surface area contributed by atoms with Gasteiger partial charge < -0.3 is 4.74 Å². The van der Waals surface area contributed by atoms with Gasteiger partial charge in [0.25, 0.3) is 11.2 Å². The summed E-state index contributed by atoms with van der Waals surface area (Å²) in [4.78, 5) is 28.6. The third kappa shape index (κ3) is 6.74. The number of rotatable bonds is 9. The molecule has 0 saturated carbocycles. The maximum absolute atomic E-state index is 13.3. The largest absolute Gasteiger partial charge is 0.487 e. The molecule has 4 rings (SSSR count). The molecular formula is C26H21BrI2N4O4. The van der Waals surface area contributed by atoms with Gasteiger partial charge in [-0.15, -0.1) is 0 Å². The lowest BCUT2D eigenvalue weighted by atomic mass is 10.2. The lowest BCUT2D eigenvalue weighted by Crippen LogP contribution is -2.22. The summed E-state index contributed by atoms with van der Waals surface area (Å²) in [6.45, 7) is 2.30. The van der Waals surface area contributed by atoms with E-state index in [-0.39, 0.29) is 17.9 Å². The fourth-order valence-electron chi connectivity index (χ4n) is 3.64. The minimum Gasteiger partial charge on any atom is -0.487 e. The van der Waals surface area contributed by atoms with Crippen LogP contribution in [0.3, 0.4) is 0 Å². The number of nitrogens with zero attached hydrogens (tertiary/aromatic N) is 4. The smallest absolute Gasteiger partial charge is 0.282 e. The van der Waals surface area contributed by atoms with E-state index in [1.165, 1.54) is 16.8 Å². The van der Waals surface area contributed by atoms with Gasteiger partial charge >= 0.3 is 0 Å². The fourth-order valence-corrected chi connectivity index (χ4v) is 6.13. The normalized spacial score (nSPS) is 11.4. The van der Waals surface area contributed by atoms with Gasteiger partial charge in [-0.1, -0.05) is 41.4 Å². The number of hydrogen-bond acceptors (Lipinski definition) is 6. The first-order valence-corrected chi connectivity index (χ1v) is 14.3. The summed E-state index contributed by atoms with van der Waals surface area (Å²) in [5, 5.41) is 16.1. The molecule has 0 radical (unpaired) electrons. The zero-order chi connectivity index (χ0) is 26.5. The summed E-state index contributed by atoms with van der Waals surface area (Å²) in [6, 6.07) is 15.7. The van der Waals surface area contributed by atoms with Gasteiger partial charge in [0.2, 0.25) is 0 Å². The maximum atomic E-state index is 13.3. The van der Waals surface area contributed by atoms with E-state index in [1.807, 2.05) is 24.3 Å². The van der Waals surface area contributed by atoms with E-state index in [1.54, 1.807) is 24.4 Å². The molecule has 1 aromatic heterocycles. The number of aromatic nitrogens is 2. The van der Waals surface area contributed by atoms with Gasteiger partial charge in [0.15, 0.2) is 0 Å². The number of nitro benzene ring substituents is 1. The van der Waals surface area contributed by atoms with E-state index in [0.29, 0.717) is 34.5 Å². The van der Waals surface area contributed by atoms with Gasteiger partial charge in [0, 0.05) is 23.0 Å². The third-order valence-electron chi connectivity index (χ3n) is 5.48. The second-order valence-electron chi connectivity index (χ2n) is 8.18. The molecule has 0 saturated heterocycles. The molecule has 8 nitrogen and oxygen atoms in total. The van der Waals surface area contributed by atoms with Crippen LogP contribution in [0.1, 0.15) is 36.7 Å². The predicted octanol–water partition coefficient (Wildman–Crippen LogP) is 7.08. The molecule has 0 N–H and O–H groups in total. The summed E-state index contributed by atoms with van der Waals surface area (Å²) in [7, 11) is 0. The lowest BCUT2D eigenvalue weighted by Gasteiger charge is -2.12. The van der Waals surface area contributed by atoms with Crippen LogP contribution >= 0.6 is 61.1 Å². The number of halogens is 3. The molecule has 0 bridgehead atoms. The Balaban J connectivity index is 1.62. The van der Waals surface area contributed by atoms with Crippen molar-refractivity contribution in [2.45, 2.75) is 32.8 Å². The zero-order valence-corrected chi connectivity index (χ0v) is 25.6. The van der Waals surface area contributed by atoms with Crippen molar-refractivity contribution < 1.29 is 9.66 Å². The van der Waals surface area contributed by atoms with Crippen LogP contribution in [0.2, 0.25) is 0 Å². The van der Waals surface area contributed by atoms with Crippen molar-refractivity contribution in [2.75, 3.05) is 0 Å². The Labute approximate surface area is 248 Å². The van der Waals surface area contributed by atoms with Crippen molar-refractivity contribution in [3.05, 3.63) is 104 Å². The molecule has 0 atom stereocenters. The number of benzene rings is 3. The average Bonchev–Trinajstić information content (AvgIpc) is 2.87. The molecule has 11 heteroatoms. The van der Waals surface area contributed by atoms with E-state index in [9.17, 15) is 14.9 Å². The first-order chi connectivity index (χ1) is 17.8. The minimum atomic E-state index is -0.423.